The zero-order chi connectivity index (χ0) is 11.0. The maximum absolute atomic E-state index is 11.8. The number of nitrogens with zero attached hydrogens (tertiary/aromatic N) is 1. The van der Waals surface area contributed by atoms with Gasteiger partial charge in [-0.15, -0.1) is 0 Å². The van der Waals surface area contributed by atoms with Gasteiger partial charge in [0.15, 0.2) is 0 Å². The molecule has 0 saturated carbocycles. The molecule has 0 bridgehead atoms. The van der Waals surface area contributed by atoms with E-state index in [0.29, 0.717) is 5.91 Å². The molecule has 0 aromatic rings. The molecule has 2 atom stereocenters. The molecule has 1 amide bonds. The third-order valence-electron chi connectivity index (χ3n) is 4.43. The first-order valence-corrected chi connectivity index (χ1v) is 5.72. The third kappa shape index (κ3) is 1.19. The minimum Gasteiger partial charge on any atom is -0.339 e. The number of rotatable bonds is 4. The summed E-state index contributed by atoms with van der Waals surface area (Å²) in [5, 5.41) is 0. The van der Waals surface area contributed by atoms with Crippen LogP contribution in [0.2, 0.25) is 0 Å². The van der Waals surface area contributed by atoms with Crippen molar-refractivity contribution in [2.24, 2.45) is 5.41 Å². The number of hydrogen-bond donors (Lipinski definition) is 0. The lowest BCUT2D eigenvalue weighted by Crippen LogP contribution is -2.73. The van der Waals surface area contributed by atoms with Crippen molar-refractivity contribution in [3.63, 3.8) is 0 Å². The van der Waals surface area contributed by atoms with Crippen molar-refractivity contribution in [3.05, 3.63) is 0 Å². The highest BCUT2D eigenvalue weighted by Gasteiger charge is 2.62. The summed E-state index contributed by atoms with van der Waals surface area (Å²) >= 11 is 0. The second kappa shape index (κ2) is 3.56. The van der Waals surface area contributed by atoms with Crippen molar-refractivity contribution in [1.29, 1.82) is 0 Å². The molecule has 1 fully saturated rings. The van der Waals surface area contributed by atoms with Gasteiger partial charge in [0.2, 0.25) is 5.91 Å². The van der Waals surface area contributed by atoms with Gasteiger partial charge in [0, 0.05) is 7.05 Å². The van der Waals surface area contributed by atoms with Gasteiger partial charge in [-0.3, -0.25) is 4.79 Å². The van der Waals surface area contributed by atoms with Gasteiger partial charge in [0.05, 0.1) is 11.0 Å². The number of likely N-dealkylation sites (tertiary alicyclic amines) is 1. The van der Waals surface area contributed by atoms with Crippen LogP contribution in [0.5, 0.6) is 0 Å². The summed E-state index contributed by atoms with van der Waals surface area (Å²) in [6, 6.07) is 0. The van der Waals surface area contributed by atoms with Crippen LogP contribution >= 0.6 is 0 Å². The van der Waals surface area contributed by atoms with Crippen molar-refractivity contribution in [1.82, 2.24) is 4.90 Å². The quantitative estimate of drug-likeness (QED) is 0.635. The monoisotopic (exact) mass is 197 g/mol. The molecule has 0 aromatic heterocycles. The van der Waals surface area contributed by atoms with E-state index in [1.807, 2.05) is 11.9 Å². The average Bonchev–Trinajstić information content (AvgIpc) is 2.22. The number of unbranched alkanes of at least 4 members (excludes halogenated alkanes) is 1. The summed E-state index contributed by atoms with van der Waals surface area (Å²) in [5.74, 6) is 0.318. The number of β-lactam (4-membered cyclic amide) rings is 1. The van der Waals surface area contributed by atoms with E-state index in [4.69, 9.17) is 0 Å². The third-order valence-corrected chi connectivity index (χ3v) is 4.43. The predicted molar refractivity (Wildman–Crippen MR) is 59.1 cm³/mol. The second-order valence-electron chi connectivity index (χ2n) is 4.93. The summed E-state index contributed by atoms with van der Waals surface area (Å²) in [7, 11) is 1.94. The van der Waals surface area contributed by atoms with Crippen molar-refractivity contribution >= 4 is 5.91 Å². The largest absolute Gasteiger partial charge is 0.339 e. The normalized spacial score (nSPS) is 37.2. The molecular formula is C12H23NO. The van der Waals surface area contributed by atoms with E-state index in [0.717, 1.165) is 12.8 Å². The van der Waals surface area contributed by atoms with Crippen LogP contribution in [0.25, 0.3) is 0 Å². The van der Waals surface area contributed by atoms with E-state index in [2.05, 4.69) is 27.7 Å². The Morgan fingerprint density at radius 1 is 1.29 bits per heavy atom. The van der Waals surface area contributed by atoms with E-state index < -0.39 is 0 Å². The Bertz CT molecular complexity index is 238. The van der Waals surface area contributed by atoms with Crippen LogP contribution in [0.3, 0.4) is 0 Å². The maximum Gasteiger partial charge on any atom is 0.231 e. The lowest BCUT2D eigenvalue weighted by Gasteiger charge is -2.61. The van der Waals surface area contributed by atoms with Crippen LogP contribution in [0.1, 0.15) is 53.4 Å². The van der Waals surface area contributed by atoms with Crippen LogP contribution in [0.4, 0.5) is 0 Å². The van der Waals surface area contributed by atoms with E-state index in [9.17, 15) is 4.79 Å². The highest BCUT2D eigenvalue weighted by atomic mass is 16.2. The number of carbonyl (C=O) groups is 1. The van der Waals surface area contributed by atoms with E-state index in [-0.39, 0.29) is 11.0 Å². The van der Waals surface area contributed by atoms with Gasteiger partial charge in [-0.25, -0.2) is 0 Å². The number of amides is 1. The molecule has 1 rings (SSSR count). The topological polar surface area (TPSA) is 20.3 Å². The first-order valence-electron chi connectivity index (χ1n) is 5.72. The second-order valence-corrected chi connectivity index (χ2v) is 4.93. The summed E-state index contributed by atoms with van der Waals surface area (Å²) in [6.45, 7) is 8.67. The summed E-state index contributed by atoms with van der Waals surface area (Å²) in [5.41, 5.74) is -0.0221. The fraction of sp³-hybridized carbons (Fsp3) is 0.917. The van der Waals surface area contributed by atoms with Gasteiger partial charge in [-0.05, 0) is 26.7 Å². The molecule has 2 unspecified atom stereocenters. The fourth-order valence-electron chi connectivity index (χ4n) is 2.64. The molecule has 82 valence electrons. The maximum atomic E-state index is 11.8. The van der Waals surface area contributed by atoms with E-state index >= 15 is 0 Å². The molecule has 2 nitrogen and oxygen atoms in total. The lowest BCUT2D eigenvalue weighted by molar-refractivity contribution is -0.186. The van der Waals surface area contributed by atoms with E-state index in [1.165, 1.54) is 12.8 Å². The molecule has 1 aliphatic heterocycles. The highest BCUT2D eigenvalue weighted by molar-refractivity contribution is 5.91. The van der Waals surface area contributed by atoms with Gasteiger partial charge >= 0.3 is 0 Å². The van der Waals surface area contributed by atoms with Gasteiger partial charge in [0.1, 0.15) is 0 Å². The molecule has 1 heterocycles. The fourth-order valence-corrected chi connectivity index (χ4v) is 2.64. The minimum absolute atomic E-state index is 0.0921. The number of hydrogen-bond acceptors (Lipinski definition) is 1. The van der Waals surface area contributed by atoms with Crippen molar-refractivity contribution in [3.8, 4) is 0 Å². The first kappa shape index (κ1) is 11.5. The zero-order valence-electron chi connectivity index (χ0n) is 10.2. The molecule has 14 heavy (non-hydrogen) atoms. The molecular weight excluding hydrogens is 174 g/mol. The molecule has 0 N–H and O–H groups in total. The van der Waals surface area contributed by atoms with Gasteiger partial charge < -0.3 is 4.90 Å². The minimum atomic E-state index is -0.114. The van der Waals surface area contributed by atoms with Crippen molar-refractivity contribution in [2.75, 3.05) is 7.05 Å². The Morgan fingerprint density at radius 2 is 1.86 bits per heavy atom. The molecule has 0 aromatic carbocycles. The smallest absolute Gasteiger partial charge is 0.231 e. The summed E-state index contributed by atoms with van der Waals surface area (Å²) < 4.78 is 0. The zero-order valence-corrected chi connectivity index (χ0v) is 10.2. The predicted octanol–water partition coefficient (Wildman–Crippen LogP) is 2.82. The van der Waals surface area contributed by atoms with Gasteiger partial charge in [-0.2, -0.15) is 0 Å². The highest BCUT2D eigenvalue weighted by Crippen LogP contribution is 2.52. The number of carbonyl (C=O) groups excluding carboxylic acids is 1. The Hall–Kier alpha value is -0.530. The van der Waals surface area contributed by atoms with Crippen molar-refractivity contribution in [2.45, 2.75) is 58.9 Å². The van der Waals surface area contributed by atoms with E-state index in [1.54, 1.807) is 0 Å². The first-order chi connectivity index (χ1) is 6.44. The van der Waals surface area contributed by atoms with Crippen LogP contribution in [0.15, 0.2) is 0 Å². The summed E-state index contributed by atoms with van der Waals surface area (Å²) in [6.07, 6.45) is 4.51. The lowest BCUT2D eigenvalue weighted by atomic mass is 9.59. The summed E-state index contributed by atoms with van der Waals surface area (Å²) in [4.78, 5) is 13.8. The average molecular weight is 197 g/mol. The Labute approximate surface area is 87.7 Å². The molecule has 0 radical (unpaired) electrons. The Morgan fingerprint density at radius 3 is 2.29 bits per heavy atom. The van der Waals surface area contributed by atoms with Gasteiger partial charge in [-0.1, -0.05) is 26.7 Å². The molecule has 2 heteroatoms. The molecule has 1 saturated heterocycles. The van der Waals surface area contributed by atoms with Crippen molar-refractivity contribution < 1.29 is 4.79 Å². The van der Waals surface area contributed by atoms with Gasteiger partial charge in [0.25, 0.3) is 0 Å². The molecule has 0 aliphatic carbocycles. The van der Waals surface area contributed by atoms with Crippen LogP contribution in [-0.2, 0) is 4.79 Å². The van der Waals surface area contributed by atoms with Crippen LogP contribution < -0.4 is 0 Å². The molecule has 0 spiro atoms. The van der Waals surface area contributed by atoms with Crippen LogP contribution in [-0.4, -0.2) is 23.4 Å². The Kier molecular flexibility index (Phi) is 2.93. The Balaban J connectivity index is 2.80. The molecule has 1 aliphatic rings. The van der Waals surface area contributed by atoms with Crippen LogP contribution in [0, 0.1) is 5.41 Å². The standard InChI is InChI=1S/C12H23NO/c1-6-8-9-12(4)11(3,7-2)10(14)13(12)5/h6-9H2,1-5H3. The SMILES string of the molecule is CCCCC1(C)N(C)C(=O)C1(C)CC.